The lowest BCUT2D eigenvalue weighted by molar-refractivity contribution is -0.338. The number of methoxy groups -OCH3 is 1. The number of carbonyl (C=O) groups excluding carboxylic acids is 9. The number of carbonyl (C=O) groups is 9. The van der Waals surface area contributed by atoms with Gasteiger partial charge in [-0.25, -0.2) is 14.4 Å². The first-order valence-corrected chi connectivity index (χ1v) is 25.8. The number of esters is 6. The molecule has 3 amide bonds. The minimum absolute atomic E-state index is 0.0940. The fourth-order valence-electron chi connectivity index (χ4n) is 8.70. The molecule has 0 radical (unpaired) electrons. The predicted molar refractivity (Wildman–Crippen MR) is 277 cm³/mol. The van der Waals surface area contributed by atoms with Crippen molar-refractivity contribution < 1.29 is 105 Å². The van der Waals surface area contributed by atoms with Gasteiger partial charge in [-0.1, -0.05) is 60.7 Å². The van der Waals surface area contributed by atoms with Crippen molar-refractivity contribution in [2.75, 3.05) is 20.3 Å². The second kappa shape index (κ2) is 29.6. The van der Waals surface area contributed by atoms with Crippen LogP contribution in [0.15, 0.2) is 60.7 Å². The quantitative estimate of drug-likeness (QED) is 0.0999. The summed E-state index contributed by atoms with van der Waals surface area (Å²) in [4.78, 5) is 119. The van der Waals surface area contributed by atoms with E-state index in [4.69, 9.17) is 61.6 Å². The van der Waals surface area contributed by atoms with E-state index in [9.17, 15) is 43.2 Å². The monoisotopic (exact) mass is 1130 g/mol. The average Bonchev–Trinajstić information content (AvgIpc) is 3.39. The maximum Gasteiger partial charge on any atom is 0.408 e. The van der Waals surface area contributed by atoms with Crippen LogP contribution in [-0.4, -0.2) is 164 Å². The third kappa shape index (κ3) is 20.7. The van der Waals surface area contributed by atoms with E-state index in [-0.39, 0.29) is 13.2 Å². The molecule has 0 unspecified atom stereocenters. The van der Waals surface area contributed by atoms with Crippen LogP contribution >= 0.6 is 0 Å². The van der Waals surface area contributed by atoms with Crippen LogP contribution < -0.4 is 16.0 Å². The molecule has 3 N–H and O–H groups in total. The number of benzene rings is 2. The zero-order valence-corrected chi connectivity index (χ0v) is 47.7. The topological polar surface area (TPSA) is 310 Å². The Kier molecular flexibility index (Phi) is 24.3. The second-order valence-electron chi connectivity index (χ2n) is 21.0. The van der Waals surface area contributed by atoms with Crippen molar-refractivity contribution in [2.24, 2.45) is 0 Å². The van der Waals surface area contributed by atoms with E-state index in [0.29, 0.717) is 11.1 Å². The predicted octanol–water partition coefficient (Wildman–Crippen LogP) is 3.56. The highest BCUT2D eigenvalue weighted by molar-refractivity contribution is 5.82. The van der Waals surface area contributed by atoms with Crippen LogP contribution in [0.3, 0.4) is 0 Å². The molecule has 2 fully saturated rings. The van der Waals surface area contributed by atoms with E-state index >= 15 is 0 Å². The molecule has 2 aliphatic heterocycles. The van der Waals surface area contributed by atoms with Crippen molar-refractivity contribution in [1.29, 1.82) is 0 Å². The van der Waals surface area contributed by atoms with Crippen LogP contribution in [0.4, 0.5) is 4.79 Å². The summed E-state index contributed by atoms with van der Waals surface area (Å²) in [6.07, 6.45) is -15.8. The zero-order valence-electron chi connectivity index (χ0n) is 47.7. The Morgan fingerprint density at radius 1 is 0.688 bits per heavy atom. The molecule has 2 aromatic rings. The molecule has 0 spiro atoms. The summed E-state index contributed by atoms with van der Waals surface area (Å²) in [5, 5.41) is 8.01. The van der Waals surface area contributed by atoms with Crippen LogP contribution in [0.2, 0.25) is 0 Å². The zero-order chi connectivity index (χ0) is 59.7. The van der Waals surface area contributed by atoms with Crippen molar-refractivity contribution in [3.8, 4) is 0 Å². The number of hydrogen-bond donors (Lipinski definition) is 3. The van der Waals surface area contributed by atoms with E-state index in [1.165, 1.54) is 13.8 Å². The van der Waals surface area contributed by atoms with Crippen LogP contribution in [0, 0.1) is 0 Å². The van der Waals surface area contributed by atoms with Crippen molar-refractivity contribution in [1.82, 2.24) is 16.0 Å². The SMILES string of the molecule is COC(=O)[C@@]1(OC[C@H]2O[C@H](O[C@H](C)[C@H](NC(=O)OC(C)(C)C)C(=O)OC(C)(C)C)[C@H](NC(C)=O)[C@@H](OCc3ccccc3)[C@H]2OCc2ccccc2)C[C@H](OC(C)=O)[C@@H](NC(C)=O)[C@H]([C@H](OC(C)=O)[C@@H](COC(C)=O)OC(C)=O)O1. The summed E-state index contributed by atoms with van der Waals surface area (Å²) < 4.78 is 78.6. The Balaban J connectivity index is 1.98. The molecule has 25 heteroatoms. The summed E-state index contributed by atoms with van der Waals surface area (Å²) >= 11 is 0. The number of nitrogens with one attached hydrogen (secondary N) is 3. The molecule has 2 heterocycles. The molecule has 2 saturated heterocycles. The van der Waals surface area contributed by atoms with Crippen LogP contribution in [0.1, 0.15) is 108 Å². The first-order chi connectivity index (χ1) is 37.4. The van der Waals surface area contributed by atoms with Crippen LogP contribution in [-0.2, 0) is 113 Å². The van der Waals surface area contributed by atoms with Gasteiger partial charge in [-0.3, -0.25) is 28.8 Å². The minimum atomic E-state index is -2.74. The summed E-state index contributed by atoms with van der Waals surface area (Å²) in [6.45, 7) is 16.0. The van der Waals surface area contributed by atoms with E-state index < -0.39 is 164 Å². The second-order valence-corrected chi connectivity index (χ2v) is 21.0. The third-order valence-corrected chi connectivity index (χ3v) is 11.7. The van der Waals surface area contributed by atoms with Gasteiger partial charge < -0.3 is 77.5 Å². The number of rotatable bonds is 24. The van der Waals surface area contributed by atoms with Crippen molar-refractivity contribution >= 4 is 53.7 Å². The molecule has 0 aliphatic carbocycles. The highest BCUT2D eigenvalue weighted by Gasteiger charge is 2.60. The standard InChI is InChI=1S/C55H77N3O22/c1-30(42(49(65)79-53(8,9)10)58-52(67)80-54(11,12)13)73-50-44(57-32(3)60)47(71-27-38-23-19-16-20-24-38)45(70-26-37-21-17-15-18-22-37)41(77-50)29-72-55(51(66)68-14)25-39(74-34(5)62)43(56-31(2)59)48(78-55)46(76-36(7)64)40(75-35(6)63)28-69-33(4)61/h15-24,30,39-48,50H,25-29H2,1-14H3,(H,56,59)(H,57,60)(H,58,67)/t30-,39+,40-,41-,42+,43-,44-,45+,46-,47-,48-,50+,55-/m1/s1. The Bertz CT molecular complexity index is 2430. The van der Waals surface area contributed by atoms with Crippen molar-refractivity contribution in [3.63, 3.8) is 0 Å². The Morgan fingerprint density at radius 2 is 1.23 bits per heavy atom. The maximum atomic E-state index is 14.6. The van der Waals surface area contributed by atoms with Crippen LogP contribution in [0.25, 0.3) is 0 Å². The van der Waals surface area contributed by atoms with E-state index in [0.717, 1.165) is 41.7 Å². The van der Waals surface area contributed by atoms with Gasteiger partial charge in [0, 0.05) is 41.5 Å². The largest absolute Gasteiger partial charge is 0.465 e. The van der Waals surface area contributed by atoms with Gasteiger partial charge in [0.25, 0.3) is 5.79 Å². The fourth-order valence-corrected chi connectivity index (χ4v) is 8.70. The summed E-state index contributed by atoms with van der Waals surface area (Å²) in [7, 11) is 0.991. The van der Waals surface area contributed by atoms with Gasteiger partial charge >= 0.3 is 41.9 Å². The van der Waals surface area contributed by atoms with E-state index in [1.807, 2.05) is 0 Å². The molecule has 444 valence electrons. The fraction of sp³-hybridized carbons (Fsp3) is 0.618. The Hall–Kier alpha value is -6.77. The number of ether oxygens (including phenoxy) is 13. The normalized spacial score (nSPS) is 24.4. The minimum Gasteiger partial charge on any atom is -0.465 e. The number of amides is 3. The molecular weight excluding hydrogens is 1050 g/mol. The van der Waals surface area contributed by atoms with Gasteiger partial charge in [-0.2, -0.15) is 0 Å². The van der Waals surface area contributed by atoms with Crippen LogP contribution in [0.5, 0.6) is 0 Å². The number of alkyl carbamates (subject to hydrolysis) is 1. The molecule has 0 aromatic heterocycles. The lowest BCUT2D eigenvalue weighted by Crippen LogP contribution is -2.70. The first kappa shape index (κ1) is 65.7. The lowest BCUT2D eigenvalue weighted by atomic mass is 9.87. The Morgan fingerprint density at radius 3 is 1.71 bits per heavy atom. The molecule has 0 bridgehead atoms. The molecule has 2 aromatic carbocycles. The van der Waals surface area contributed by atoms with E-state index in [1.54, 1.807) is 102 Å². The smallest absolute Gasteiger partial charge is 0.408 e. The third-order valence-electron chi connectivity index (χ3n) is 11.7. The van der Waals surface area contributed by atoms with Gasteiger partial charge in [-0.15, -0.1) is 0 Å². The van der Waals surface area contributed by atoms with Gasteiger partial charge in [0.15, 0.2) is 24.5 Å². The summed E-state index contributed by atoms with van der Waals surface area (Å²) in [5.74, 6) is -9.94. The van der Waals surface area contributed by atoms with Crippen molar-refractivity contribution in [3.05, 3.63) is 71.8 Å². The van der Waals surface area contributed by atoms with Gasteiger partial charge in [-0.05, 0) is 59.6 Å². The Labute approximate surface area is 465 Å². The molecule has 2 aliphatic rings. The molecule has 13 atom stereocenters. The average molecular weight is 1130 g/mol. The number of hydrogen-bond acceptors (Lipinski definition) is 22. The highest BCUT2D eigenvalue weighted by Crippen LogP contribution is 2.39. The van der Waals surface area contributed by atoms with E-state index in [2.05, 4.69) is 16.0 Å². The van der Waals surface area contributed by atoms with Gasteiger partial charge in [0.1, 0.15) is 54.4 Å². The van der Waals surface area contributed by atoms with Gasteiger partial charge in [0.2, 0.25) is 11.8 Å². The molecule has 80 heavy (non-hydrogen) atoms. The first-order valence-electron chi connectivity index (χ1n) is 25.8. The highest BCUT2D eigenvalue weighted by atomic mass is 16.8. The maximum absolute atomic E-state index is 14.6. The molecular formula is C55H77N3O22. The summed E-state index contributed by atoms with van der Waals surface area (Å²) in [5.41, 5.74) is -0.688. The summed E-state index contributed by atoms with van der Waals surface area (Å²) in [6, 6.07) is 13.5. The van der Waals surface area contributed by atoms with Crippen molar-refractivity contribution in [2.45, 2.75) is 200 Å². The molecule has 4 rings (SSSR count). The molecule has 25 nitrogen and oxygen atoms in total. The lowest BCUT2D eigenvalue weighted by Gasteiger charge is -2.50. The van der Waals surface area contributed by atoms with Gasteiger partial charge in [0.05, 0.1) is 45.5 Å². The molecule has 0 saturated carbocycles.